The van der Waals surface area contributed by atoms with Crippen molar-refractivity contribution in [3.8, 4) is 11.4 Å². The number of hydrogen-bond donors (Lipinski definition) is 3. The second-order valence-electron chi connectivity index (χ2n) is 13.2. The van der Waals surface area contributed by atoms with Gasteiger partial charge in [-0.15, -0.1) is 0 Å². The first-order valence-corrected chi connectivity index (χ1v) is 17.3. The molecule has 11 nitrogen and oxygen atoms in total. The lowest BCUT2D eigenvalue weighted by Crippen LogP contribution is -2.80. The largest absolute Gasteiger partial charge is 0.488 e. The molecule has 50 heavy (non-hydrogen) atoms. The van der Waals surface area contributed by atoms with E-state index in [0.717, 1.165) is 93.8 Å². The summed E-state index contributed by atoms with van der Waals surface area (Å²) in [5.41, 5.74) is 3.98. The van der Waals surface area contributed by atoms with Crippen molar-refractivity contribution < 1.29 is 18.8 Å². The molecule has 2 fully saturated rings. The van der Waals surface area contributed by atoms with Crippen LogP contribution in [0.5, 0.6) is 5.75 Å². The van der Waals surface area contributed by atoms with E-state index in [1.54, 1.807) is 6.20 Å². The predicted octanol–water partition coefficient (Wildman–Crippen LogP) is 2.76. The molecule has 4 aromatic rings. The average Bonchev–Trinajstić information content (AvgIpc) is 3.73. The fraction of sp³-hybridized carbons (Fsp3) is 0.351. The molecule has 258 valence electrons. The van der Waals surface area contributed by atoms with E-state index in [2.05, 4.69) is 59.8 Å². The summed E-state index contributed by atoms with van der Waals surface area (Å²) in [5, 5.41) is 19.7. The van der Waals surface area contributed by atoms with Crippen molar-refractivity contribution in [2.75, 3.05) is 70.3 Å². The summed E-state index contributed by atoms with van der Waals surface area (Å²) in [7, 11) is 0. The number of fused-ring (bicyclic) bond motifs is 9. The maximum atomic E-state index is 14.8. The Morgan fingerprint density at radius 3 is 2.68 bits per heavy atom. The number of nitrogens with two attached hydrogens (primary N) is 1. The number of hydrogen-bond acceptors (Lipinski definition) is 9. The second-order valence-corrected chi connectivity index (χ2v) is 13.2. The van der Waals surface area contributed by atoms with Gasteiger partial charge in [-0.1, -0.05) is 24.3 Å². The summed E-state index contributed by atoms with van der Waals surface area (Å²) < 4.78 is 36.6. The number of ether oxygens (including phenoxy) is 1. The number of nitrogens with zero attached hydrogens (tertiary/aromatic N) is 7. The highest BCUT2D eigenvalue weighted by atomic mass is 19.1. The van der Waals surface area contributed by atoms with Crippen molar-refractivity contribution in [3.63, 3.8) is 0 Å². The van der Waals surface area contributed by atoms with E-state index in [-0.39, 0.29) is 17.8 Å². The first-order valence-electron chi connectivity index (χ1n) is 17.3. The number of aromatic nitrogens is 4. The molecular formula is C37H41F2N10O+. The Kier molecular flexibility index (Phi) is 9.19. The smallest absolute Gasteiger partial charge is 0.168 e. The first-order chi connectivity index (χ1) is 24.5. The zero-order valence-electron chi connectivity index (χ0n) is 27.8. The molecule has 2 atom stereocenters. The number of quaternary nitrogens is 1. The van der Waals surface area contributed by atoms with Gasteiger partial charge < -0.3 is 25.7 Å². The molecule has 4 N–H and O–H groups in total. The summed E-state index contributed by atoms with van der Waals surface area (Å²) in [6.45, 7) is 9.31. The molecule has 5 aliphatic rings. The van der Waals surface area contributed by atoms with Crippen molar-refractivity contribution in [1.82, 2.24) is 34.9 Å². The summed E-state index contributed by atoms with van der Waals surface area (Å²) in [4.78, 5) is 16.5. The van der Waals surface area contributed by atoms with Crippen LogP contribution in [0, 0.1) is 17.0 Å². The number of rotatable bonds is 2. The maximum Gasteiger partial charge on any atom is 0.168 e. The van der Waals surface area contributed by atoms with Crippen LogP contribution in [-0.2, 0) is 0 Å². The van der Waals surface area contributed by atoms with Crippen molar-refractivity contribution in [1.29, 1.82) is 5.41 Å². The highest BCUT2D eigenvalue weighted by Gasteiger charge is 2.36. The summed E-state index contributed by atoms with van der Waals surface area (Å²) in [5.74, 6) is 0.0949. The number of anilines is 1. The molecule has 6 bridgehead atoms. The van der Waals surface area contributed by atoms with E-state index < -0.39 is 11.6 Å². The van der Waals surface area contributed by atoms with Gasteiger partial charge in [-0.3, -0.25) is 9.80 Å². The van der Waals surface area contributed by atoms with Crippen LogP contribution in [-0.4, -0.2) is 113 Å². The van der Waals surface area contributed by atoms with Gasteiger partial charge in [-0.2, -0.15) is 5.10 Å². The minimum atomic E-state index is -0.717. The second kappa shape index (κ2) is 14.2. The Morgan fingerprint density at radius 2 is 1.82 bits per heavy atom. The lowest BCUT2D eigenvalue weighted by molar-refractivity contribution is -0.588. The minimum absolute atomic E-state index is 0.0647. The summed E-state index contributed by atoms with van der Waals surface area (Å²) in [6.07, 6.45) is 11.7. The molecule has 0 saturated carbocycles. The fourth-order valence-corrected chi connectivity index (χ4v) is 7.43. The lowest BCUT2D eigenvalue weighted by Gasteiger charge is -2.34. The summed E-state index contributed by atoms with van der Waals surface area (Å²) in [6, 6.07) is 11.6. The Hall–Kier alpha value is -4.82. The lowest BCUT2D eigenvalue weighted by atomic mass is 9.91. The quantitative estimate of drug-likeness (QED) is 0.297. The third-order valence-corrected chi connectivity index (χ3v) is 10.0. The maximum absolute atomic E-state index is 14.8. The Bertz CT molecular complexity index is 1980. The van der Waals surface area contributed by atoms with E-state index in [1.807, 2.05) is 24.3 Å². The molecule has 2 saturated heterocycles. The minimum Gasteiger partial charge on any atom is -0.488 e. The molecular weight excluding hydrogens is 638 g/mol. The number of piperazine rings is 1. The molecule has 2 aromatic carbocycles. The van der Waals surface area contributed by atoms with Gasteiger partial charge in [0.05, 0.1) is 36.0 Å². The number of nitrogens with one attached hydrogen (secondary N) is 2. The van der Waals surface area contributed by atoms with Crippen molar-refractivity contribution in [3.05, 3.63) is 102 Å². The van der Waals surface area contributed by atoms with Gasteiger partial charge in [-0.05, 0) is 41.5 Å². The zero-order chi connectivity index (χ0) is 34.0. The molecule has 6 heterocycles. The van der Waals surface area contributed by atoms with Crippen molar-refractivity contribution in [2.24, 2.45) is 0 Å². The predicted molar refractivity (Wildman–Crippen MR) is 189 cm³/mol. The van der Waals surface area contributed by atoms with Gasteiger partial charge in [-0.25, -0.2) is 23.4 Å². The molecule has 1 aliphatic carbocycles. The highest BCUT2D eigenvalue weighted by molar-refractivity contribution is 6.19. The van der Waals surface area contributed by atoms with Crippen LogP contribution in [0.1, 0.15) is 12.0 Å². The van der Waals surface area contributed by atoms with Crippen LogP contribution in [0.4, 0.5) is 14.6 Å². The zero-order valence-corrected chi connectivity index (χ0v) is 27.8. The van der Waals surface area contributed by atoms with Gasteiger partial charge in [0, 0.05) is 70.9 Å². The highest BCUT2D eigenvalue weighted by Crippen LogP contribution is 2.34. The molecule has 0 spiro atoms. The monoisotopic (exact) mass is 679 g/mol. The Morgan fingerprint density at radius 1 is 0.960 bits per heavy atom. The van der Waals surface area contributed by atoms with Gasteiger partial charge in [0.1, 0.15) is 41.7 Å². The van der Waals surface area contributed by atoms with E-state index in [4.69, 9.17) is 15.1 Å². The van der Waals surface area contributed by atoms with Gasteiger partial charge in [0.25, 0.3) is 0 Å². The van der Waals surface area contributed by atoms with Crippen LogP contribution >= 0.6 is 0 Å². The molecule has 0 radical (unpaired) electrons. The van der Waals surface area contributed by atoms with Crippen LogP contribution in [0.2, 0.25) is 0 Å². The number of halogens is 2. The molecule has 2 aromatic heterocycles. The van der Waals surface area contributed by atoms with Gasteiger partial charge in [0.2, 0.25) is 0 Å². The number of benzene rings is 2. The molecule has 4 aliphatic heterocycles. The van der Waals surface area contributed by atoms with Crippen molar-refractivity contribution >= 4 is 28.1 Å². The molecule has 0 amide bonds. The SMILES string of the molecule is N=C1C=CC=C2/C1=C/[NH2+]CCN1CCN(CCNCC3C[C@@H](CN3c3ncnc4c3cnn4-c3ccc(F)cc3F)Oc3cccc2c3)CC1. The normalized spacial score (nSPS) is 25.7. The van der Waals surface area contributed by atoms with Crippen LogP contribution in [0.3, 0.4) is 0 Å². The fourth-order valence-electron chi connectivity index (χ4n) is 7.43. The standard InChI is InChI=1S/C37H40F2N10O/c38-26-7-8-35(33(39)18-26)49-37-32(22-45-49)36(43-24-44-37)48-23-29-19-27(48)20-41-9-11-46-13-15-47(16-14-46)12-10-42-21-31-30(5-2-6-34(31)40)25-3-1-4-28(17-25)50-29/h1-8,17-18,21-22,24,27,29,40-42H,9-16,19-20,23H2/p+1/b31-21-,40-34?/t27?,29-/m0/s1. The van der Waals surface area contributed by atoms with E-state index in [9.17, 15) is 8.78 Å². The Balaban J connectivity index is 1.10. The van der Waals surface area contributed by atoms with E-state index >= 15 is 0 Å². The topological polar surface area (TPSA) is 115 Å². The Labute approximate surface area is 289 Å². The van der Waals surface area contributed by atoms with E-state index in [0.29, 0.717) is 29.1 Å². The van der Waals surface area contributed by atoms with Gasteiger partial charge >= 0.3 is 0 Å². The third-order valence-electron chi connectivity index (χ3n) is 10.0. The number of allylic oxidation sites excluding steroid dienone is 5. The van der Waals surface area contributed by atoms with Crippen LogP contribution in [0.25, 0.3) is 22.3 Å². The van der Waals surface area contributed by atoms with Crippen molar-refractivity contribution in [2.45, 2.75) is 18.6 Å². The molecule has 9 rings (SSSR count). The van der Waals surface area contributed by atoms with Crippen LogP contribution < -0.4 is 20.3 Å². The first kappa shape index (κ1) is 32.4. The third kappa shape index (κ3) is 6.69. The molecule has 13 heteroatoms. The average molecular weight is 680 g/mol. The summed E-state index contributed by atoms with van der Waals surface area (Å²) >= 11 is 0. The van der Waals surface area contributed by atoms with E-state index in [1.165, 1.54) is 23.1 Å². The van der Waals surface area contributed by atoms with Crippen LogP contribution in [0.15, 0.2) is 85.0 Å². The van der Waals surface area contributed by atoms with Gasteiger partial charge in [0.15, 0.2) is 11.5 Å². The molecule has 1 unspecified atom stereocenters.